The fraction of sp³-hybridized carbons (Fsp3) is 0.364. The molecular weight excluding hydrogens is 294 g/mol. The monoisotopic (exact) mass is 306 g/mol. The Morgan fingerprint density at radius 2 is 2.06 bits per heavy atom. The van der Waals surface area contributed by atoms with Crippen molar-refractivity contribution in [1.29, 1.82) is 0 Å². The van der Waals surface area contributed by atoms with Crippen LogP contribution in [-0.2, 0) is 4.79 Å². The van der Waals surface area contributed by atoms with Crippen LogP contribution in [0.1, 0.15) is 13.3 Å². The zero-order valence-electron chi connectivity index (χ0n) is 9.32. The fourth-order valence-electron chi connectivity index (χ4n) is 1.25. The molecular formula is C11H13BrF2N2O. The molecule has 2 N–H and O–H groups in total. The molecule has 3 nitrogen and oxygen atoms in total. The highest BCUT2D eigenvalue weighted by atomic mass is 79.9. The third-order valence-corrected chi connectivity index (χ3v) is 2.66. The van der Waals surface area contributed by atoms with Crippen LogP contribution < -0.4 is 10.6 Å². The molecule has 17 heavy (non-hydrogen) atoms. The van der Waals surface area contributed by atoms with E-state index in [2.05, 4.69) is 26.6 Å². The summed E-state index contributed by atoms with van der Waals surface area (Å²) in [5.41, 5.74) is 0.0509. The summed E-state index contributed by atoms with van der Waals surface area (Å²) in [6.07, 6.45) is 0.213. The van der Waals surface area contributed by atoms with E-state index in [4.69, 9.17) is 0 Å². The number of anilines is 1. The van der Waals surface area contributed by atoms with Crippen molar-refractivity contribution in [3.63, 3.8) is 0 Å². The Morgan fingerprint density at radius 3 is 2.71 bits per heavy atom. The number of nitrogens with one attached hydrogen (secondary N) is 2. The van der Waals surface area contributed by atoms with Gasteiger partial charge in [-0.2, -0.15) is 0 Å². The first-order chi connectivity index (χ1) is 8.04. The van der Waals surface area contributed by atoms with Crippen LogP contribution in [-0.4, -0.2) is 19.0 Å². The molecule has 0 radical (unpaired) electrons. The second-order valence-corrected chi connectivity index (χ2v) is 4.23. The molecule has 0 aliphatic carbocycles. The Kier molecular flexibility index (Phi) is 5.34. The van der Waals surface area contributed by atoms with Crippen molar-refractivity contribution >= 4 is 27.5 Å². The van der Waals surface area contributed by atoms with Crippen LogP contribution >= 0.6 is 15.9 Å². The van der Waals surface area contributed by atoms with Crippen LogP contribution in [0.4, 0.5) is 14.5 Å². The van der Waals surface area contributed by atoms with Crippen LogP contribution in [0.15, 0.2) is 16.6 Å². The summed E-state index contributed by atoms with van der Waals surface area (Å²) in [6, 6.07) is 2.10. The fourth-order valence-corrected chi connectivity index (χ4v) is 1.57. The summed E-state index contributed by atoms with van der Waals surface area (Å²) in [4.78, 5) is 11.1. The topological polar surface area (TPSA) is 41.1 Å². The SMILES string of the molecule is CCNC(=O)CCNc1cc(F)c(Br)cc1F. The Morgan fingerprint density at radius 1 is 1.35 bits per heavy atom. The quantitative estimate of drug-likeness (QED) is 0.821. The van der Waals surface area contributed by atoms with Crippen LogP contribution in [0.3, 0.4) is 0 Å². The number of carbonyl (C=O) groups is 1. The van der Waals surface area contributed by atoms with Crippen molar-refractivity contribution in [3.05, 3.63) is 28.2 Å². The molecule has 0 aliphatic rings. The molecule has 6 heteroatoms. The highest BCUT2D eigenvalue weighted by Crippen LogP contribution is 2.23. The van der Waals surface area contributed by atoms with Crippen LogP contribution in [0, 0.1) is 11.6 Å². The van der Waals surface area contributed by atoms with Gasteiger partial charge in [-0.1, -0.05) is 0 Å². The normalized spacial score (nSPS) is 10.1. The van der Waals surface area contributed by atoms with Gasteiger partial charge in [-0.05, 0) is 28.9 Å². The van der Waals surface area contributed by atoms with Crippen molar-refractivity contribution in [2.75, 3.05) is 18.4 Å². The number of hydrogen-bond donors (Lipinski definition) is 2. The first-order valence-electron chi connectivity index (χ1n) is 5.19. The van der Waals surface area contributed by atoms with Crippen LogP contribution in [0.25, 0.3) is 0 Å². The van der Waals surface area contributed by atoms with Gasteiger partial charge < -0.3 is 10.6 Å². The highest BCUT2D eigenvalue weighted by Gasteiger charge is 2.08. The Labute approximate surface area is 107 Å². The average Bonchev–Trinajstić information content (AvgIpc) is 2.26. The Balaban J connectivity index is 2.52. The average molecular weight is 307 g/mol. The number of carbonyl (C=O) groups excluding carboxylic acids is 1. The molecule has 0 bridgehead atoms. The number of benzene rings is 1. The van der Waals surface area contributed by atoms with Gasteiger partial charge in [-0.15, -0.1) is 0 Å². The minimum atomic E-state index is -0.561. The Hall–Kier alpha value is -1.17. The second kappa shape index (κ2) is 6.54. The van der Waals surface area contributed by atoms with Gasteiger partial charge in [-0.3, -0.25) is 4.79 Å². The van der Waals surface area contributed by atoms with Crippen molar-refractivity contribution < 1.29 is 13.6 Å². The summed E-state index contributed by atoms with van der Waals surface area (Å²) < 4.78 is 26.5. The van der Waals surface area contributed by atoms with E-state index in [0.717, 1.165) is 12.1 Å². The maximum Gasteiger partial charge on any atom is 0.221 e. The lowest BCUT2D eigenvalue weighted by Crippen LogP contribution is -2.24. The van der Waals surface area contributed by atoms with Gasteiger partial charge in [-0.25, -0.2) is 8.78 Å². The summed E-state index contributed by atoms with van der Waals surface area (Å²) >= 11 is 2.89. The second-order valence-electron chi connectivity index (χ2n) is 3.38. The number of hydrogen-bond acceptors (Lipinski definition) is 2. The molecule has 0 aliphatic heterocycles. The van der Waals surface area contributed by atoms with Gasteiger partial charge in [0.25, 0.3) is 0 Å². The van der Waals surface area contributed by atoms with E-state index in [1.165, 1.54) is 0 Å². The molecule has 0 unspecified atom stereocenters. The van der Waals surface area contributed by atoms with Crippen molar-refractivity contribution in [3.8, 4) is 0 Å². The number of amides is 1. The van der Waals surface area contributed by atoms with E-state index in [1.807, 2.05) is 6.92 Å². The van der Waals surface area contributed by atoms with Gasteiger partial charge in [0.05, 0.1) is 10.2 Å². The van der Waals surface area contributed by atoms with E-state index < -0.39 is 11.6 Å². The summed E-state index contributed by atoms with van der Waals surface area (Å²) in [7, 11) is 0. The molecule has 1 aromatic carbocycles. The van der Waals surface area contributed by atoms with Gasteiger partial charge in [0.15, 0.2) is 0 Å². The van der Waals surface area contributed by atoms with E-state index >= 15 is 0 Å². The summed E-state index contributed by atoms with van der Waals surface area (Å²) in [5, 5.41) is 5.29. The lowest BCUT2D eigenvalue weighted by atomic mass is 10.3. The van der Waals surface area contributed by atoms with Gasteiger partial charge in [0.1, 0.15) is 11.6 Å². The zero-order valence-corrected chi connectivity index (χ0v) is 10.9. The Bertz CT molecular complexity index is 413. The first-order valence-corrected chi connectivity index (χ1v) is 5.99. The summed E-state index contributed by atoms with van der Waals surface area (Å²) in [6.45, 7) is 2.62. The van der Waals surface area contributed by atoms with Crippen molar-refractivity contribution in [2.24, 2.45) is 0 Å². The van der Waals surface area contributed by atoms with Gasteiger partial charge in [0, 0.05) is 25.6 Å². The third kappa shape index (κ3) is 4.30. The van der Waals surface area contributed by atoms with Crippen molar-refractivity contribution in [2.45, 2.75) is 13.3 Å². The first kappa shape index (κ1) is 13.9. The van der Waals surface area contributed by atoms with E-state index in [1.54, 1.807) is 0 Å². The van der Waals surface area contributed by atoms with Crippen LogP contribution in [0.2, 0.25) is 0 Å². The third-order valence-electron chi connectivity index (χ3n) is 2.05. The van der Waals surface area contributed by atoms with Gasteiger partial charge >= 0.3 is 0 Å². The molecule has 94 valence electrons. The predicted octanol–water partition coefficient (Wildman–Crippen LogP) is 2.67. The molecule has 0 heterocycles. The van der Waals surface area contributed by atoms with E-state index in [-0.39, 0.29) is 29.0 Å². The number of halogens is 3. The standard InChI is InChI=1S/C11H13BrF2N2O/c1-2-15-11(17)3-4-16-10-6-8(13)7(12)5-9(10)14/h5-6,16H,2-4H2,1H3,(H,15,17). The van der Waals surface area contributed by atoms with Gasteiger partial charge in [0.2, 0.25) is 5.91 Å². The highest BCUT2D eigenvalue weighted by molar-refractivity contribution is 9.10. The largest absolute Gasteiger partial charge is 0.382 e. The lowest BCUT2D eigenvalue weighted by Gasteiger charge is -2.08. The molecule has 0 fully saturated rings. The summed E-state index contributed by atoms with van der Waals surface area (Å²) in [5.74, 6) is -1.24. The maximum atomic E-state index is 13.3. The zero-order chi connectivity index (χ0) is 12.8. The molecule has 0 atom stereocenters. The molecule has 0 aromatic heterocycles. The molecule has 0 saturated carbocycles. The lowest BCUT2D eigenvalue weighted by molar-refractivity contribution is -0.120. The molecule has 1 amide bonds. The molecule has 1 rings (SSSR count). The van der Waals surface area contributed by atoms with E-state index in [9.17, 15) is 13.6 Å². The van der Waals surface area contributed by atoms with Crippen LogP contribution in [0.5, 0.6) is 0 Å². The predicted molar refractivity (Wildman–Crippen MR) is 65.8 cm³/mol. The maximum absolute atomic E-state index is 13.3. The molecule has 1 aromatic rings. The molecule has 0 spiro atoms. The minimum absolute atomic E-state index is 0.0509. The minimum Gasteiger partial charge on any atom is -0.382 e. The number of rotatable bonds is 5. The van der Waals surface area contributed by atoms with E-state index in [0.29, 0.717) is 6.54 Å². The smallest absolute Gasteiger partial charge is 0.221 e. The van der Waals surface area contributed by atoms with Crippen molar-refractivity contribution in [1.82, 2.24) is 5.32 Å². The molecule has 0 saturated heterocycles.